The summed E-state index contributed by atoms with van der Waals surface area (Å²) in [5.74, 6) is -0.539. The van der Waals surface area contributed by atoms with Crippen LogP contribution in [0.25, 0.3) is 5.70 Å². The van der Waals surface area contributed by atoms with E-state index in [1.807, 2.05) is 0 Å². The van der Waals surface area contributed by atoms with Crippen molar-refractivity contribution in [3.05, 3.63) is 93.9 Å². The molecule has 0 aliphatic carbocycles. The van der Waals surface area contributed by atoms with Crippen molar-refractivity contribution < 1.29 is 36.8 Å². The van der Waals surface area contributed by atoms with Crippen LogP contribution in [-0.4, -0.2) is 50.2 Å². The van der Waals surface area contributed by atoms with E-state index in [1.165, 1.54) is 11.3 Å². The zero-order chi connectivity index (χ0) is 26.7. The first-order chi connectivity index (χ1) is 17.6. The van der Waals surface area contributed by atoms with E-state index in [4.69, 9.17) is 13.9 Å². The van der Waals surface area contributed by atoms with Gasteiger partial charge in [-0.1, -0.05) is 0 Å². The van der Waals surface area contributed by atoms with Gasteiger partial charge in [-0.3, -0.25) is 20.3 Å². The molecule has 13 heteroatoms. The molecule has 2 aromatic carbocycles. The number of nitro groups is 1. The molecule has 0 radical (unpaired) electrons. The lowest BCUT2D eigenvalue weighted by atomic mass is 10.1. The van der Waals surface area contributed by atoms with Crippen LogP contribution in [0.15, 0.2) is 76.2 Å². The average Bonchev–Trinajstić information content (AvgIpc) is 3.56. The van der Waals surface area contributed by atoms with Crippen LogP contribution in [0.1, 0.15) is 27.7 Å². The molecule has 1 amide bonds. The molecule has 1 aromatic heterocycles. The maximum atomic E-state index is 13.0. The van der Waals surface area contributed by atoms with E-state index in [1.54, 1.807) is 49.6 Å². The molecule has 1 N–H and O–H groups in total. The smallest absolute Gasteiger partial charge is 0.338 e. The maximum Gasteiger partial charge on any atom is 0.338 e. The third kappa shape index (κ3) is 5.46. The summed E-state index contributed by atoms with van der Waals surface area (Å²) in [6, 6.07) is 12.7. The van der Waals surface area contributed by atoms with E-state index in [9.17, 15) is 28.1 Å². The third-order valence-electron chi connectivity index (χ3n) is 5.47. The lowest BCUT2D eigenvalue weighted by Crippen LogP contribution is -2.42. The van der Waals surface area contributed by atoms with Gasteiger partial charge in [-0.05, 0) is 60.2 Å². The minimum absolute atomic E-state index is 0.277. The SMILES string of the molecule is COc1ccc(C2=C[C@@H](c3ccco3)N(C(=O)COC(=O)c3ccc(S(C)(=O)=O)c([N+](=O)[O-])c3)N2)cc1. The Balaban J connectivity index is 1.50. The minimum Gasteiger partial charge on any atom is -0.497 e. The summed E-state index contributed by atoms with van der Waals surface area (Å²) in [6.07, 6.45) is 4.05. The number of nitro benzene ring substituents is 1. The van der Waals surface area contributed by atoms with Crippen LogP contribution < -0.4 is 10.2 Å². The topological polar surface area (TPSA) is 158 Å². The zero-order valence-electron chi connectivity index (χ0n) is 19.6. The fraction of sp³-hybridized carbons (Fsp3) is 0.167. The normalized spacial score (nSPS) is 15.0. The summed E-state index contributed by atoms with van der Waals surface area (Å²) in [7, 11) is -2.35. The molecular formula is C24H21N3O9S. The van der Waals surface area contributed by atoms with Gasteiger partial charge in [0.15, 0.2) is 16.4 Å². The van der Waals surface area contributed by atoms with Gasteiger partial charge in [-0.15, -0.1) is 0 Å². The van der Waals surface area contributed by atoms with Crippen molar-refractivity contribution in [3.63, 3.8) is 0 Å². The quantitative estimate of drug-likeness (QED) is 0.262. The minimum atomic E-state index is -3.90. The molecule has 0 saturated heterocycles. The number of carbonyl (C=O) groups is 2. The first kappa shape index (κ1) is 25.4. The summed E-state index contributed by atoms with van der Waals surface area (Å²) in [4.78, 5) is 35.4. The number of sulfone groups is 1. The van der Waals surface area contributed by atoms with Gasteiger partial charge in [-0.2, -0.15) is 0 Å². The van der Waals surface area contributed by atoms with Gasteiger partial charge in [0, 0.05) is 12.3 Å². The van der Waals surface area contributed by atoms with E-state index in [0.29, 0.717) is 17.2 Å². The van der Waals surface area contributed by atoms with Gasteiger partial charge < -0.3 is 13.9 Å². The number of furan rings is 1. The first-order valence-corrected chi connectivity index (χ1v) is 12.6. The fourth-order valence-electron chi connectivity index (χ4n) is 3.67. The zero-order valence-corrected chi connectivity index (χ0v) is 20.4. The molecule has 4 rings (SSSR count). The molecular weight excluding hydrogens is 506 g/mol. The number of benzene rings is 2. The lowest BCUT2D eigenvalue weighted by Gasteiger charge is -2.23. The molecule has 0 fully saturated rings. The van der Waals surface area contributed by atoms with Crippen LogP contribution in [0.4, 0.5) is 5.69 Å². The van der Waals surface area contributed by atoms with Crippen LogP contribution in [-0.2, 0) is 19.4 Å². The second kappa shape index (κ2) is 10.1. The number of nitrogens with zero attached hydrogens (tertiary/aromatic N) is 2. The van der Waals surface area contributed by atoms with Crippen molar-refractivity contribution in [2.75, 3.05) is 20.0 Å². The van der Waals surface area contributed by atoms with E-state index >= 15 is 0 Å². The highest BCUT2D eigenvalue weighted by atomic mass is 32.2. The van der Waals surface area contributed by atoms with Crippen LogP contribution >= 0.6 is 0 Å². The Morgan fingerprint density at radius 3 is 2.49 bits per heavy atom. The number of amides is 1. The monoisotopic (exact) mass is 527 g/mol. The number of methoxy groups -OCH3 is 1. The summed E-state index contributed by atoms with van der Waals surface area (Å²) in [6.45, 7) is -0.700. The van der Waals surface area contributed by atoms with Gasteiger partial charge in [0.1, 0.15) is 22.4 Å². The van der Waals surface area contributed by atoms with Crippen molar-refractivity contribution in [1.82, 2.24) is 10.4 Å². The molecule has 3 aromatic rings. The largest absolute Gasteiger partial charge is 0.497 e. The van der Waals surface area contributed by atoms with Crippen LogP contribution in [0.2, 0.25) is 0 Å². The Morgan fingerprint density at radius 1 is 1.16 bits per heavy atom. The fourth-order valence-corrected chi connectivity index (χ4v) is 4.50. The number of nitrogens with one attached hydrogen (secondary N) is 1. The number of hydrogen-bond donors (Lipinski definition) is 1. The number of rotatable bonds is 8. The number of esters is 1. The summed E-state index contributed by atoms with van der Waals surface area (Å²) >= 11 is 0. The molecule has 1 aliphatic heterocycles. The molecule has 0 bridgehead atoms. The van der Waals surface area contributed by atoms with Crippen molar-refractivity contribution in [1.29, 1.82) is 0 Å². The lowest BCUT2D eigenvalue weighted by molar-refractivity contribution is -0.387. The summed E-state index contributed by atoms with van der Waals surface area (Å²) in [5, 5.41) is 12.6. The average molecular weight is 528 g/mol. The van der Waals surface area contributed by atoms with E-state index in [-0.39, 0.29) is 5.56 Å². The predicted molar refractivity (Wildman–Crippen MR) is 129 cm³/mol. The predicted octanol–water partition coefficient (Wildman–Crippen LogP) is 2.89. The van der Waals surface area contributed by atoms with Gasteiger partial charge in [-0.25, -0.2) is 18.2 Å². The van der Waals surface area contributed by atoms with Crippen molar-refractivity contribution in [2.45, 2.75) is 10.9 Å². The molecule has 37 heavy (non-hydrogen) atoms. The maximum absolute atomic E-state index is 13.0. The summed E-state index contributed by atoms with van der Waals surface area (Å²) in [5.41, 5.74) is 3.32. The standard InChI is InChI=1S/C24H21N3O9S/c1-34-17-8-5-15(6-9-17)18-13-19(21-4-3-11-35-21)26(25-18)23(28)14-36-24(29)16-7-10-22(37(2,32)33)20(12-16)27(30)31/h3-13,19,25H,14H2,1-2H3/t19-/m0/s1. The van der Waals surface area contributed by atoms with Crippen LogP contribution in [0.3, 0.4) is 0 Å². The van der Waals surface area contributed by atoms with Crippen LogP contribution in [0.5, 0.6) is 5.75 Å². The molecule has 0 spiro atoms. The molecule has 12 nitrogen and oxygen atoms in total. The Morgan fingerprint density at radius 2 is 1.89 bits per heavy atom. The van der Waals surface area contributed by atoms with E-state index in [0.717, 1.165) is 30.0 Å². The number of hydrogen-bond acceptors (Lipinski definition) is 10. The number of carbonyl (C=O) groups excluding carboxylic acids is 2. The molecule has 1 aliphatic rings. The number of hydrazine groups is 1. The third-order valence-corrected chi connectivity index (χ3v) is 6.61. The van der Waals surface area contributed by atoms with Gasteiger partial charge in [0.05, 0.1) is 29.6 Å². The first-order valence-electron chi connectivity index (χ1n) is 10.7. The van der Waals surface area contributed by atoms with Gasteiger partial charge in [0.2, 0.25) is 0 Å². The van der Waals surface area contributed by atoms with Gasteiger partial charge >= 0.3 is 5.97 Å². The Bertz CT molecular complexity index is 1480. The molecule has 1 atom stereocenters. The number of ether oxygens (including phenoxy) is 2. The Hall–Kier alpha value is -4.65. The van der Waals surface area contributed by atoms with Crippen molar-refractivity contribution in [3.8, 4) is 5.75 Å². The Labute approximate surface area is 211 Å². The van der Waals surface area contributed by atoms with Gasteiger partial charge in [0.25, 0.3) is 11.6 Å². The second-order valence-corrected chi connectivity index (χ2v) is 9.92. The van der Waals surface area contributed by atoms with E-state index < -0.39 is 49.9 Å². The molecule has 0 unspecified atom stereocenters. The van der Waals surface area contributed by atoms with Crippen LogP contribution in [0, 0.1) is 10.1 Å². The second-order valence-electron chi connectivity index (χ2n) is 7.93. The highest BCUT2D eigenvalue weighted by molar-refractivity contribution is 7.90. The highest BCUT2D eigenvalue weighted by Gasteiger charge is 2.33. The Kier molecular flexibility index (Phi) is 6.98. The molecule has 2 heterocycles. The molecule has 192 valence electrons. The van der Waals surface area contributed by atoms with Crippen molar-refractivity contribution >= 4 is 33.1 Å². The molecule has 0 saturated carbocycles. The summed E-state index contributed by atoms with van der Waals surface area (Å²) < 4.78 is 39.3. The highest BCUT2D eigenvalue weighted by Crippen LogP contribution is 2.32. The van der Waals surface area contributed by atoms with E-state index in [2.05, 4.69) is 5.43 Å². The van der Waals surface area contributed by atoms with Crippen molar-refractivity contribution in [2.24, 2.45) is 0 Å².